The van der Waals surface area contributed by atoms with E-state index in [4.69, 9.17) is 14.2 Å². The Morgan fingerprint density at radius 1 is 1.16 bits per heavy atom. The van der Waals surface area contributed by atoms with Gasteiger partial charge in [0.1, 0.15) is 23.7 Å². The van der Waals surface area contributed by atoms with Crippen molar-refractivity contribution in [3.8, 4) is 0 Å². The van der Waals surface area contributed by atoms with E-state index < -0.39 is 48.8 Å². The summed E-state index contributed by atoms with van der Waals surface area (Å²) in [6, 6.07) is -0.881. The molecule has 1 amide bonds. The van der Waals surface area contributed by atoms with Crippen molar-refractivity contribution in [1.82, 2.24) is 5.32 Å². The van der Waals surface area contributed by atoms with Gasteiger partial charge in [0.15, 0.2) is 6.29 Å². The van der Waals surface area contributed by atoms with E-state index in [9.17, 15) is 25.2 Å². The van der Waals surface area contributed by atoms with E-state index in [1.165, 1.54) is 25.8 Å². The van der Waals surface area contributed by atoms with E-state index in [0.717, 1.165) is 0 Å². The van der Waals surface area contributed by atoms with Gasteiger partial charge in [-0.1, -0.05) is 6.08 Å². The molecule has 0 aliphatic carbocycles. The largest absolute Gasteiger partial charge is 0.394 e. The highest BCUT2D eigenvalue weighted by molar-refractivity contribution is 8.00. The first kappa shape index (κ1) is 20.6. The highest BCUT2D eigenvalue weighted by atomic mass is 32.2. The predicted molar refractivity (Wildman–Crippen MR) is 88.6 cm³/mol. The number of carbonyl (C=O) groups excluding carboxylic acids is 1. The van der Waals surface area contributed by atoms with E-state index in [1.54, 1.807) is 12.2 Å². The molecule has 8 atom stereocenters. The van der Waals surface area contributed by atoms with Crippen LogP contribution in [0.4, 0.5) is 0 Å². The molecule has 1 fully saturated rings. The zero-order chi connectivity index (χ0) is 18.6. The van der Waals surface area contributed by atoms with Gasteiger partial charge in [-0.15, -0.1) is 11.8 Å². The minimum atomic E-state index is -1.33. The molecule has 2 rings (SSSR count). The Labute approximate surface area is 149 Å². The number of rotatable bonds is 6. The summed E-state index contributed by atoms with van der Waals surface area (Å²) in [4.78, 5) is 11.4. The maximum atomic E-state index is 11.4. The van der Waals surface area contributed by atoms with Gasteiger partial charge in [0.2, 0.25) is 5.91 Å². The number of ether oxygens (including phenoxy) is 3. The van der Waals surface area contributed by atoms with Gasteiger partial charge in [0.25, 0.3) is 0 Å². The van der Waals surface area contributed by atoms with Gasteiger partial charge in [-0.05, 0) is 6.08 Å². The van der Waals surface area contributed by atoms with Gasteiger partial charge < -0.3 is 40.0 Å². The molecule has 0 aromatic carbocycles. The van der Waals surface area contributed by atoms with E-state index in [0.29, 0.717) is 0 Å². The molecule has 5 N–H and O–H groups in total. The lowest BCUT2D eigenvalue weighted by Crippen LogP contribution is -2.63. The number of hydrogen-bond acceptors (Lipinski definition) is 9. The Balaban J connectivity index is 2.16. The van der Waals surface area contributed by atoms with Gasteiger partial charge in [-0.25, -0.2) is 0 Å². The number of methoxy groups -OCH3 is 1. The zero-order valence-electron chi connectivity index (χ0n) is 14.0. The summed E-state index contributed by atoms with van der Waals surface area (Å²) in [5.74, 6) is -0.388. The number of aliphatic hydroxyl groups excluding tert-OH is 4. The van der Waals surface area contributed by atoms with Gasteiger partial charge >= 0.3 is 0 Å². The lowest BCUT2D eigenvalue weighted by Gasteiger charge is -2.44. The van der Waals surface area contributed by atoms with Crippen molar-refractivity contribution in [2.45, 2.75) is 54.4 Å². The molecule has 0 bridgehead atoms. The number of aliphatic hydroxyl groups is 4. The third kappa shape index (κ3) is 4.92. The molecular formula is C15H25NO8S. The van der Waals surface area contributed by atoms with Crippen LogP contribution in [0.25, 0.3) is 0 Å². The van der Waals surface area contributed by atoms with Gasteiger partial charge in [0, 0.05) is 14.0 Å². The summed E-state index contributed by atoms with van der Waals surface area (Å²) >= 11 is 1.22. The van der Waals surface area contributed by atoms with Crippen molar-refractivity contribution in [2.24, 2.45) is 0 Å². The van der Waals surface area contributed by atoms with Crippen LogP contribution >= 0.6 is 11.8 Å². The normalized spacial score (nSPS) is 41.5. The van der Waals surface area contributed by atoms with Crippen LogP contribution in [-0.4, -0.2) is 94.1 Å². The molecule has 9 nitrogen and oxygen atoms in total. The molecule has 10 heteroatoms. The highest BCUT2D eigenvalue weighted by Crippen LogP contribution is 2.35. The van der Waals surface area contributed by atoms with Crippen molar-refractivity contribution < 1.29 is 39.4 Å². The fourth-order valence-electron chi connectivity index (χ4n) is 2.77. The van der Waals surface area contributed by atoms with Crippen LogP contribution < -0.4 is 5.32 Å². The Morgan fingerprint density at radius 3 is 2.40 bits per heavy atom. The van der Waals surface area contributed by atoms with Crippen molar-refractivity contribution >= 4 is 17.7 Å². The summed E-state index contributed by atoms with van der Waals surface area (Å²) < 4.78 is 16.3. The van der Waals surface area contributed by atoms with Crippen molar-refractivity contribution in [1.29, 1.82) is 0 Å². The van der Waals surface area contributed by atoms with Crippen LogP contribution in [0.3, 0.4) is 0 Å². The molecule has 144 valence electrons. The van der Waals surface area contributed by atoms with Crippen LogP contribution in [0.15, 0.2) is 12.2 Å². The van der Waals surface area contributed by atoms with E-state index in [-0.39, 0.29) is 17.8 Å². The number of thioether (sulfide) groups is 1. The second-order valence-electron chi connectivity index (χ2n) is 5.88. The molecule has 1 saturated heterocycles. The minimum Gasteiger partial charge on any atom is -0.394 e. The lowest BCUT2D eigenvalue weighted by atomic mass is 9.98. The maximum Gasteiger partial charge on any atom is 0.217 e. The number of amides is 1. The van der Waals surface area contributed by atoms with Crippen LogP contribution in [-0.2, 0) is 19.0 Å². The average molecular weight is 379 g/mol. The van der Waals surface area contributed by atoms with E-state index in [2.05, 4.69) is 5.32 Å². The zero-order valence-corrected chi connectivity index (χ0v) is 14.8. The quantitative estimate of drug-likeness (QED) is 0.330. The third-order valence-electron chi connectivity index (χ3n) is 4.09. The molecule has 0 spiro atoms. The Kier molecular flexibility index (Phi) is 7.65. The van der Waals surface area contributed by atoms with Gasteiger partial charge in [-0.3, -0.25) is 4.79 Å². The maximum absolute atomic E-state index is 11.4. The third-order valence-corrected chi connectivity index (χ3v) is 5.54. The van der Waals surface area contributed by atoms with E-state index >= 15 is 0 Å². The molecule has 0 radical (unpaired) electrons. The van der Waals surface area contributed by atoms with Crippen molar-refractivity contribution in [2.75, 3.05) is 20.3 Å². The van der Waals surface area contributed by atoms with Crippen LogP contribution in [0.1, 0.15) is 6.92 Å². The Hall–Kier alpha value is -0.720. The summed E-state index contributed by atoms with van der Waals surface area (Å²) in [7, 11) is 1.48. The second kappa shape index (κ2) is 9.28. The molecule has 0 aromatic heterocycles. The Morgan fingerprint density at radius 2 is 1.84 bits per heavy atom. The molecule has 2 aliphatic rings. The molecule has 25 heavy (non-hydrogen) atoms. The van der Waals surface area contributed by atoms with Gasteiger partial charge in [-0.2, -0.15) is 0 Å². The number of hydrogen-bond donors (Lipinski definition) is 5. The summed E-state index contributed by atoms with van der Waals surface area (Å²) in [5, 5.41) is 41.4. The summed E-state index contributed by atoms with van der Waals surface area (Å²) in [5.41, 5.74) is -0.758. The van der Waals surface area contributed by atoms with Crippen molar-refractivity contribution in [3.63, 3.8) is 0 Å². The molecule has 0 aromatic rings. The monoisotopic (exact) mass is 379 g/mol. The molecular weight excluding hydrogens is 354 g/mol. The number of nitrogens with one attached hydrogen (secondary N) is 1. The smallest absolute Gasteiger partial charge is 0.217 e. The topological polar surface area (TPSA) is 138 Å². The van der Waals surface area contributed by atoms with Crippen LogP contribution in [0.5, 0.6) is 0 Å². The predicted octanol–water partition coefficient (Wildman–Crippen LogP) is -2.05. The molecule has 0 unspecified atom stereocenters. The summed E-state index contributed by atoms with van der Waals surface area (Å²) in [6.07, 6.45) is -1.27. The molecule has 2 heterocycles. The first-order chi connectivity index (χ1) is 11.9. The fourth-order valence-corrected chi connectivity index (χ4v) is 4.20. The first-order valence-electron chi connectivity index (χ1n) is 7.93. The molecule has 2 aliphatic heterocycles. The minimum absolute atomic E-state index is 0.256. The first-order valence-corrected chi connectivity index (χ1v) is 8.88. The average Bonchev–Trinajstić information content (AvgIpc) is 2.61. The highest BCUT2D eigenvalue weighted by Gasteiger charge is 2.46. The standard InChI is InChI=1S/C15H25NO8S/c1-7(19)16-12-14(21)13(20)9(6-18)24-15(12)25-10-3-4-11(22-2)23-8(10)5-17/h3-4,8-15,17-18,20-21H,5-6H2,1-2H3,(H,16,19)/t8-,9-,10+,11+,12-,13-,14-,15+/m1/s1. The number of carbonyl (C=O) groups is 1. The van der Waals surface area contributed by atoms with Crippen LogP contribution in [0, 0.1) is 0 Å². The van der Waals surface area contributed by atoms with Gasteiger partial charge in [0.05, 0.1) is 30.6 Å². The van der Waals surface area contributed by atoms with E-state index in [1.807, 2.05) is 0 Å². The second-order valence-corrected chi connectivity index (χ2v) is 7.16. The van der Waals surface area contributed by atoms with Crippen LogP contribution in [0.2, 0.25) is 0 Å². The SMILES string of the molecule is CO[C@@H]1C=C[C@H](S[C@@H]2O[C@H](CO)[C@@H](O)[C@H](O)[C@H]2NC(C)=O)[C@@H](CO)O1. The molecule has 0 saturated carbocycles. The summed E-state index contributed by atoms with van der Waals surface area (Å²) in [6.45, 7) is 0.560. The lowest BCUT2D eigenvalue weighted by molar-refractivity contribution is -0.174. The fraction of sp³-hybridized carbons (Fsp3) is 0.800. The van der Waals surface area contributed by atoms with Crippen molar-refractivity contribution in [3.05, 3.63) is 12.2 Å². The Bertz CT molecular complexity index is 478.